The Morgan fingerprint density at radius 3 is 2.35 bits per heavy atom. The molecule has 0 saturated carbocycles. The number of hydrogen-bond acceptors (Lipinski definition) is 8. The molecule has 0 aromatic heterocycles. The number of fused-ring (bicyclic) bond motifs is 1. The molecule has 0 saturated heterocycles. The fourth-order valence-electron chi connectivity index (χ4n) is 5.14. The molecule has 1 aliphatic heterocycles. The van der Waals surface area contributed by atoms with Gasteiger partial charge in [0.1, 0.15) is 11.1 Å². The predicted octanol–water partition coefficient (Wildman–Crippen LogP) is 2.80. The largest absolute Gasteiger partial charge is 0.493 e. The Morgan fingerprint density at radius 2 is 1.74 bits per heavy atom. The maximum atomic E-state index is 13.8. The SMILES string of the molecule is CC(C)C(NC[C@@H](O)[C@H](Cc1ccccc1)N(NC(=O)CN(C)C)C(=O)CC(C)(C)C)S(=O)(=O)c1ccc2c(c1)CCO2. The van der Waals surface area contributed by atoms with E-state index in [0.29, 0.717) is 18.8 Å². The van der Waals surface area contributed by atoms with E-state index in [0.717, 1.165) is 11.1 Å². The van der Waals surface area contributed by atoms with Crippen LogP contribution >= 0.6 is 0 Å². The number of benzene rings is 2. The Morgan fingerprint density at radius 1 is 1.07 bits per heavy atom. The zero-order chi connectivity index (χ0) is 31.9. The van der Waals surface area contributed by atoms with Crippen molar-refractivity contribution in [3.05, 3.63) is 59.7 Å². The van der Waals surface area contributed by atoms with Crippen LogP contribution in [0.3, 0.4) is 0 Å². The van der Waals surface area contributed by atoms with Crippen LogP contribution in [0.15, 0.2) is 53.4 Å². The van der Waals surface area contributed by atoms with E-state index in [4.69, 9.17) is 4.74 Å². The smallest absolute Gasteiger partial charge is 0.252 e. The summed E-state index contributed by atoms with van der Waals surface area (Å²) in [5.74, 6) is -0.363. The minimum atomic E-state index is -3.83. The minimum absolute atomic E-state index is 0.0468. The van der Waals surface area contributed by atoms with Gasteiger partial charge in [0.25, 0.3) is 5.91 Å². The summed E-state index contributed by atoms with van der Waals surface area (Å²) in [7, 11) is -0.326. The van der Waals surface area contributed by atoms with Gasteiger partial charge >= 0.3 is 0 Å². The zero-order valence-corrected chi connectivity index (χ0v) is 27.3. The number of sulfone groups is 1. The Kier molecular flexibility index (Phi) is 11.8. The molecule has 3 N–H and O–H groups in total. The molecule has 1 unspecified atom stereocenters. The van der Waals surface area contributed by atoms with Crippen LogP contribution in [0, 0.1) is 11.3 Å². The van der Waals surface area contributed by atoms with E-state index in [-0.39, 0.29) is 48.1 Å². The van der Waals surface area contributed by atoms with E-state index in [1.165, 1.54) is 5.01 Å². The summed E-state index contributed by atoms with van der Waals surface area (Å²) in [6.45, 7) is 9.84. The minimum Gasteiger partial charge on any atom is -0.493 e. The van der Waals surface area contributed by atoms with E-state index in [1.54, 1.807) is 51.0 Å². The van der Waals surface area contributed by atoms with Gasteiger partial charge in [-0.15, -0.1) is 0 Å². The Labute approximate surface area is 256 Å². The molecule has 2 aromatic carbocycles. The summed E-state index contributed by atoms with van der Waals surface area (Å²) in [6.07, 6.45) is -0.193. The lowest BCUT2D eigenvalue weighted by molar-refractivity contribution is -0.149. The predicted molar refractivity (Wildman–Crippen MR) is 167 cm³/mol. The summed E-state index contributed by atoms with van der Waals surface area (Å²) in [4.78, 5) is 28.4. The van der Waals surface area contributed by atoms with Gasteiger partial charge in [0.2, 0.25) is 5.91 Å². The molecule has 238 valence electrons. The van der Waals surface area contributed by atoms with Gasteiger partial charge in [-0.1, -0.05) is 65.0 Å². The molecule has 1 heterocycles. The molecule has 0 bridgehead atoms. The van der Waals surface area contributed by atoms with Gasteiger partial charge in [-0.2, -0.15) is 0 Å². The monoisotopic (exact) mass is 616 g/mol. The summed E-state index contributed by atoms with van der Waals surface area (Å²) in [5, 5.41) is 15.0. The number of likely N-dealkylation sites (N-methyl/N-ethyl adjacent to an activating group) is 1. The number of carbonyl (C=O) groups is 2. The van der Waals surface area contributed by atoms with E-state index in [1.807, 2.05) is 51.1 Å². The number of aliphatic hydroxyl groups excluding tert-OH is 1. The van der Waals surface area contributed by atoms with E-state index >= 15 is 0 Å². The van der Waals surface area contributed by atoms with Crippen molar-refractivity contribution in [1.82, 2.24) is 20.7 Å². The van der Waals surface area contributed by atoms with Crippen molar-refractivity contribution < 1.29 is 27.9 Å². The Bertz CT molecular complexity index is 1340. The van der Waals surface area contributed by atoms with Crippen molar-refractivity contribution in [2.75, 3.05) is 33.8 Å². The van der Waals surface area contributed by atoms with Crippen molar-refractivity contribution in [2.24, 2.45) is 11.3 Å². The number of nitrogens with one attached hydrogen (secondary N) is 2. The molecule has 1 aliphatic rings. The number of nitrogens with zero attached hydrogens (tertiary/aromatic N) is 2. The van der Waals surface area contributed by atoms with Crippen molar-refractivity contribution >= 4 is 21.7 Å². The number of hydrazine groups is 1. The molecule has 0 spiro atoms. The number of aliphatic hydroxyl groups is 1. The molecular weight excluding hydrogens is 568 g/mol. The quantitative estimate of drug-likeness (QED) is 0.293. The van der Waals surface area contributed by atoms with Crippen LogP contribution < -0.4 is 15.5 Å². The van der Waals surface area contributed by atoms with Crippen LogP contribution in [0.2, 0.25) is 0 Å². The second-order valence-corrected chi connectivity index (χ2v) is 15.2. The van der Waals surface area contributed by atoms with Crippen molar-refractivity contribution in [3.63, 3.8) is 0 Å². The first-order chi connectivity index (χ1) is 20.1. The molecule has 2 aromatic rings. The number of rotatable bonds is 13. The van der Waals surface area contributed by atoms with E-state index in [2.05, 4.69) is 10.7 Å². The Hall–Kier alpha value is -2.99. The second kappa shape index (κ2) is 14.7. The van der Waals surface area contributed by atoms with Crippen LogP contribution in [0.4, 0.5) is 0 Å². The van der Waals surface area contributed by atoms with Gasteiger partial charge < -0.3 is 14.7 Å². The van der Waals surface area contributed by atoms with Crippen LogP contribution in [0.5, 0.6) is 5.75 Å². The van der Waals surface area contributed by atoms with Gasteiger partial charge in [-0.3, -0.25) is 20.3 Å². The molecule has 3 atom stereocenters. The lowest BCUT2D eigenvalue weighted by Crippen LogP contribution is -2.60. The van der Waals surface area contributed by atoms with Crippen molar-refractivity contribution in [3.8, 4) is 5.75 Å². The van der Waals surface area contributed by atoms with Gasteiger partial charge in [0.05, 0.1) is 30.2 Å². The number of amides is 2. The first kappa shape index (κ1) is 34.5. The third-order valence-corrected chi connectivity index (χ3v) is 9.47. The van der Waals surface area contributed by atoms with Crippen LogP contribution in [0.25, 0.3) is 0 Å². The third kappa shape index (κ3) is 9.76. The van der Waals surface area contributed by atoms with E-state index in [9.17, 15) is 23.1 Å². The molecule has 43 heavy (non-hydrogen) atoms. The Balaban J connectivity index is 1.91. The van der Waals surface area contributed by atoms with Crippen LogP contribution in [-0.4, -0.2) is 86.6 Å². The van der Waals surface area contributed by atoms with Crippen molar-refractivity contribution in [1.29, 1.82) is 0 Å². The lowest BCUT2D eigenvalue weighted by Gasteiger charge is -2.37. The van der Waals surface area contributed by atoms with Gasteiger partial charge in [0.15, 0.2) is 9.84 Å². The topological polar surface area (TPSA) is 128 Å². The third-order valence-electron chi connectivity index (χ3n) is 7.18. The summed E-state index contributed by atoms with van der Waals surface area (Å²) in [6, 6.07) is 13.4. The average molecular weight is 617 g/mol. The highest BCUT2D eigenvalue weighted by Gasteiger charge is 2.36. The van der Waals surface area contributed by atoms with Gasteiger partial charge in [-0.25, -0.2) is 13.4 Å². The number of carbonyl (C=O) groups excluding carboxylic acids is 2. The summed E-state index contributed by atoms with van der Waals surface area (Å²) < 4.78 is 33.1. The van der Waals surface area contributed by atoms with Crippen LogP contribution in [0.1, 0.15) is 52.2 Å². The fourth-order valence-corrected chi connectivity index (χ4v) is 7.03. The highest BCUT2D eigenvalue weighted by molar-refractivity contribution is 7.92. The van der Waals surface area contributed by atoms with E-state index < -0.39 is 33.3 Å². The number of ether oxygens (including phenoxy) is 1. The maximum Gasteiger partial charge on any atom is 0.252 e. The highest BCUT2D eigenvalue weighted by atomic mass is 32.2. The summed E-state index contributed by atoms with van der Waals surface area (Å²) >= 11 is 0. The molecule has 0 fully saturated rings. The molecular formula is C32H48N4O6S. The summed E-state index contributed by atoms with van der Waals surface area (Å²) in [5.41, 5.74) is 4.08. The van der Waals surface area contributed by atoms with Gasteiger partial charge in [-0.05, 0) is 61.2 Å². The normalized spacial score (nSPS) is 15.5. The van der Waals surface area contributed by atoms with Gasteiger partial charge in [0, 0.05) is 19.4 Å². The molecule has 11 heteroatoms. The zero-order valence-electron chi connectivity index (χ0n) is 26.5. The standard InChI is InChI=1S/C32H48N4O6S/c1-22(2)31(43(40,41)25-13-14-28-24(18-25)15-16-42-28)33-20-27(37)26(17-23-11-9-8-10-12-23)36(30(39)19-32(3,4)5)34-29(38)21-35(6)7/h8-14,18,22,26-27,31,33,37H,15-17,19-21H2,1-7H3,(H,34,38)/t26-,27+,31?/m0/s1. The second-order valence-electron chi connectivity index (χ2n) is 13.1. The molecule has 0 aliphatic carbocycles. The molecule has 3 rings (SSSR count). The first-order valence-corrected chi connectivity index (χ1v) is 16.3. The first-order valence-electron chi connectivity index (χ1n) is 14.8. The lowest BCUT2D eigenvalue weighted by atomic mass is 9.91. The molecule has 0 radical (unpaired) electrons. The molecule has 10 nitrogen and oxygen atoms in total. The maximum absolute atomic E-state index is 13.8. The highest BCUT2D eigenvalue weighted by Crippen LogP contribution is 2.30. The molecule has 2 amide bonds. The van der Waals surface area contributed by atoms with Crippen LogP contribution in [-0.2, 0) is 32.3 Å². The average Bonchev–Trinajstić information content (AvgIpc) is 3.37. The fraction of sp³-hybridized carbons (Fsp3) is 0.562. The van der Waals surface area contributed by atoms with Crippen molar-refractivity contribution in [2.45, 2.75) is 76.3 Å². The number of hydrogen-bond donors (Lipinski definition) is 3.